The summed E-state index contributed by atoms with van der Waals surface area (Å²) in [6, 6.07) is 0. The highest BCUT2D eigenvalue weighted by Gasteiger charge is 2.35. The fourth-order valence-corrected chi connectivity index (χ4v) is 3.11. The number of hydrogen-bond acceptors (Lipinski definition) is 3. The predicted molar refractivity (Wildman–Crippen MR) is 64.4 cm³/mol. The Kier molecular flexibility index (Phi) is 3.88. The summed E-state index contributed by atoms with van der Waals surface area (Å²) in [6.45, 7) is 8.06. The van der Waals surface area contributed by atoms with Gasteiger partial charge in [0, 0.05) is 25.3 Å². The quantitative estimate of drug-likeness (QED) is 0.795. The van der Waals surface area contributed by atoms with E-state index in [0.29, 0.717) is 18.6 Å². The lowest BCUT2D eigenvalue weighted by Gasteiger charge is -2.46. The van der Waals surface area contributed by atoms with E-state index in [1.165, 1.54) is 12.8 Å². The monoisotopic (exact) mass is 227 g/mol. The van der Waals surface area contributed by atoms with Crippen LogP contribution in [0.2, 0.25) is 0 Å². The van der Waals surface area contributed by atoms with Crippen LogP contribution in [0.5, 0.6) is 0 Å². The Morgan fingerprint density at radius 2 is 2.19 bits per heavy atom. The molecule has 0 bridgehead atoms. The lowest BCUT2D eigenvalue weighted by atomic mass is 9.83. The van der Waals surface area contributed by atoms with Gasteiger partial charge in [-0.25, -0.2) is 0 Å². The Morgan fingerprint density at radius 3 is 2.75 bits per heavy atom. The molecular weight excluding hydrogens is 202 g/mol. The molecule has 0 saturated carbocycles. The smallest absolute Gasteiger partial charge is 0.0703 e. The van der Waals surface area contributed by atoms with Crippen molar-refractivity contribution < 1.29 is 9.84 Å². The van der Waals surface area contributed by atoms with Crippen LogP contribution in [-0.4, -0.2) is 48.0 Å². The molecule has 0 radical (unpaired) electrons. The summed E-state index contributed by atoms with van der Waals surface area (Å²) >= 11 is 0. The largest absolute Gasteiger partial charge is 0.396 e. The average Bonchev–Trinajstić information content (AvgIpc) is 2.73. The number of hydrogen-bond donors (Lipinski definition) is 1. The number of piperidine rings is 1. The number of nitrogens with zero attached hydrogens (tertiary/aromatic N) is 1. The van der Waals surface area contributed by atoms with E-state index in [9.17, 15) is 5.11 Å². The summed E-state index contributed by atoms with van der Waals surface area (Å²) in [4.78, 5) is 2.55. The topological polar surface area (TPSA) is 32.7 Å². The van der Waals surface area contributed by atoms with Gasteiger partial charge in [-0.2, -0.15) is 0 Å². The Labute approximate surface area is 98.8 Å². The van der Waals surface area contributed by atoms with E-state index in [2.05, 4.69) is 18.7 Å². The standard InChI is InChI=1S/C13H25NO2/c1-13(2)8-11(10-15)5-6-14(13)9-12-4-3-7-16-12/h11-12,15H,3-10H2,1-2H3. The molecule has 0 aliphatic carbocycles. The lowest BCUT2D eigenvalue weighted by molar-refractivity contribution is -0.0116. The van der Waals surface area contributed by atoms with Gasteiger partial charge < -0.3 is 9.84 Å². The predicted octanol–water partition coefficient (Wildman–Crippen LogP) is 1.65. The molecule has 2 rings (SSSR count). The number of rotatable bonds is 3. The summed E-state index contributed by atoms with van der Waals surface area (Å²) in [5, 5.41) is 9.25. The van der Waals surface area contributed by atoms with Crippen LogP contribution in [0.25, 0.3) is 0 Å². The molecule has 16 heavy (non-hydrogen) atoms. The highest BCUT2D eigenvalue weighted by molar-refractivity contribution is 4.90. The van der Waals surface area contributed by atoms with Gasteiger partial charge in [-0.15, -0.1) is 0 Å². The Bertz CT molecular complexity index is 224. The van der Waals surface area contributed by atoms with Crippen molar-refractivity contribution in [3.05, 3.63) is 0 Å². The molecule has 2 aliphatic rings. The summed E-state index contributed by atoms with van der Waals surface area (Å²) in [5.74, 6) is 0.496. The molecule has 2 fully saturated rings. The van der Waals surface area contributed by atoms with Gasteiger partial charge in [-0.3, -0.25) is 4.90 Å². The highest BCUT2D eigenvalue weighted by atomic mass is 16.5. The molecular formula is C13H25NO2. The zero-order valence-electron chi connectivity index (χ0n) is 10.6. The van der Waals surface area contributed by atoms with E-state index < -0.39 is 0 Å². The van der Waals surface area contributed by atoms with Gasteiger partial charge in [0.25, 0.3) is 0 Å². The van der Waals surface area contributed by atoms with Crippen LogP contribution in [0, 0.1) is 5.92 Å². The highest BCUT2D eigenvalue weighted by Crippen LogP contribution is 2.32. The third-order valence-electron chi connectivity index (χ3n) is 4.16. The summed E-state index contributed by atoms with van der Waals surface area (Å²) < 4.78 is 5.71. The molecule has 2 aliphatic heterocycles. The number of likely N-dealkylation sites (tertiary alicyclic amines) is 1. The third kappa shape index (κ3) is 2.76. The SMILES string of the molecule is CC1(C)CC(CO)CCN1CC1CCCO1. The summed E-state index contributed by atoms with van der Waals surface area (Å²) in [6.07, 6.45) is 5.13. The molecule has 3 heteroatoms. The normalized spacial score (nSPS) is 35.4. The second-order valence-corrected chi connectivity index (χ2v) is 5.93. The second-order valence-electron chi connectivity index (χ2n) is 5.93. The van der Waals surface area contributed by atoms with Crippen LogP contribution >= 0.6 is 0 Å². The lowest BCUT2D eigenvalue weighted by Crippen LogP contribution is -2.52. The molecule has 2 atom stereocenters. The minimum atomic E-state index is 0.220. The number of ether oxygens (including phenoxy) is 1. The maximum atomic E-state index is 9.25. The van der Waals surface area contributed by atoms with Crippen molar-refractivity contribution >= 4 is 0 Å². The Balaban J connectivity index is 1.89. The van der Waals surface area contributed by atoms with Crippen molar-refractivity contribution in [3.63, 3.8) is 0 Å². The van der Waals surface area contributed by atoms with Crippen LogP contribution in [0.4, 0.5) is 0 Å². The first-order valence-corrected chi connectivity index (χ1v) is 6.59. The van der Waals surface area contributed by atoms with E-state index >= 15 is 0 Å². The first-order valence-electron chi connectivity index (χ1n) is 6.59. The molecule has 3 nitrogen and oxygen atoms in total. The minimum Gasteiger partial charge on any atom is -0.396 e. The molecule has 2 saturated heterocycles. The van der Waals surface area contributed by atoms with Gasteiger partial charge in [0.2, 0.25) is 0 Å². The number of aliphatic hydroxyl groups excluding tert-OH is 1. The van der Waals surface area contributed by atoms with Crippen LogP contribution < -0.4 is 0 Å². The maximum Gasteiger partial charge on any atom is 0.0703 e. The van der Waals surface area contributed by atoms with E-state index in [-0.39, 0.29) is 5.54 Å². The minimum absolute atomic E-state index is 0.220. The van der Waals surface area contributed by atoms with Gasteiger partial charge in [0.15, 0.2) is 0 Å². The molecule has 0 aromatic carbocycles. The van der Waals surface area contributed by atoms with E-state index in [1.807, 2.05) is 0 Å². The van der Waals surface area contributed by atoms with E-state index in [4.69, 9.17) is 4.74 Å². The fraction of sp³-hybridized carbons (Fsp3) is 1.00. The van der Waals surface area contributed by atoms with Crippen LogP contribution in [0.15, 0.2) is 0 Å². The van der Waals surface area contributed by atoms with E-state index in [0.717, 1.165) is 32.5 Å². The molecule has 0 aromatic heterocycles. The second kappa shape index (κ2) is 5.03. The van der Waals surface area contributed by atoms with Crippen molar-refractivity contribution in [1.82, 2.24) is 4.90 Å². The zero-order valence-corrected chi connectivity index (χ0v) is 10.6. The molecule has 0 spiro atoms. The van der Waals surface area contributed by atoms with Gasteiger partial charge in [-0.1, -0.05) is 0 Å². The first-order chi connectivity index (χ1) is 7.62. The first kappa shape index (κ1) is 12.3. The molecule has 0 amide bonds. The van der Waals surface area contributed by atoms with Gasteiger partial charge >= 0.3 is 0 Å². The van der Waals surface area contributed by atoms with Crippen molar-refractivity contribution in [3.8, 4) is 0 Å². The Morgan fingerprint density at radius 1 is 1.38 bits per heavy atom. The van der Waals surface area contributed by atoms with Crippen molar-refractivity contribution in [2.75, 3.05) is 26.3 Å². The number of aliphatic hydroxyl groups is 1. The average molecular weight is 227 g/mol. The van der Waals surface area contributed by atoms with Gasteiger partial charge in [0.05, 0.1) is 6.10 Å². The van der Waals surface area contributed by atoms with Crippen LogP contribution in [0.3, 0.4) is 0 Å². The van der Waals surface area contributed by atoms with Crippen molar-refractivity contribution in [2.24, 2.45) is 5.92 Å². The Hall–Kier alpha value is -0.120. The molecule has 0 aromatic rings. The zero-order chi connectivity index (χ0) is 11.6. The third-order valence-corrected chi connectivity index (χ3v) is 4.16. The summed E-state index contributed by atoms with van der Waals surface area (Å²) in [7, 11) is 0. The van der Waals surface area contributed by atoms with Gasteiger partial charge in [0.1, 0.15) is 0 Å². The fourth-order valence-electron chi connectivity index (χ4n) is 3.11. The van der Waals surface area contributed by atoms with E-state index in [1.54, 1.807) is 0 Å². The maximum absolute atomic E-state index is 9.25. The van der Waals surface area contributed by atoms with Crippen molar-refractivity contribution in [2.45, 2.75) is 51.2 Å². The summed E-state index contributed by atoms with van der Waals surface area (Å²) in [5.41, 5.74) is 0.220. The molecule has 2 unspecified atom stereocenters. The molecule has 94 valence electrons. The van der Waals surface area contributed by atoms with Crippen LogP contribution in [-0.2, 0) is 4.74 Å². The van der Waals surface area contributed by atoms with Crippen molar-refractivity contribution in [1.29, 1.82) is 0 Å². The molecule has 1 N–H and O–H groups in total. The van der Waals surface area contributed by atoms with Gasteiger partial charge in [-0.05, 0) is 52.0 Å². The van der Waals surface area contributed by atoms with Crippen LogP contribution in [0.1, 0.15) is 39.5 Å². The molecule has 2 heterocycles.